The molecule has 1 aromatic heterocycles. The highest BCUT2D eigenvalue weighted by atomic mass is 16.1. The maximum Gasteiger partial charge on any atom is 0.228 e. The fourth-order valence-electron chi connectivity index (χ4n) is 1.94. The van der Waals surface area contributed by atoms with Gasteiger partial charge in [0, 0.05) is 11.6 Å². The first-order valence-corrected chi connectivity index (χ1v) is 7.78. The molecule has 0 unspecified atom stereocenters. The molecule has 2 rings (SSSR count). The van der Waals surface area contributed by atoms with Crippen molar-refractivity contribution in [2.75, 3.05) is 10.6 Å². The van der Waals surface area contributed by atoms with Gasteiger partial charge in [-0.15, -0.1) is 10.2 Å². The number of anilines is 3. The van der Waals surface area contributed by atoms with E-state index in [1.54, 1.807) is 12.1 Å². The van der Waals surface area contributed by atoms with Crippen LogP contribution < -0.4 is 10.6 Å². The van der Waals surface area contributed by atoms with Gasteiger partial charge >= 0.3 is 0 Å². The zero-order valence-electron chi connectivity index (χ0n) is 14.3. The van der Waals surface area contributed by atoms with Crippen LogP contribution in [0.4, 0.5) is 17.3 Å². The lowest BCUT2D eigenvalue weighted by molar-refractivity contribution is -0.118. The van der Waals surface area contributed by atoms with Gasteiger partial charge in [0.05, 0.1) is 0 Å². The lowest BCUT2D eigenvalue weighted by Gasteiger charge is -2.19. The Morgan fingerprint density at radius 1 is 0.957 bits per heavy atom. The molecule has 2 N–H and O–H groups in total. The van der Waals surface area contributed by atoms with Crippen molar-refractivity contribution < 1.29 is 4.79 Å². The minimum atomic E-state index is -0.0871. The topological polar surface area (TPSA) is 66.9 Å². The molecule has 0 bridgehead atoms. The molecule has 0 aliphatic carbocycles. The third kappa shape index (κ3) is 4.77. The second-order valence-electron chi connectivity index (χ2n) is 6.90. The van der Waals surface area contributed by atoms with Gasteiger partial charge in [0.1, 0.15) is 0 Å². The Balaban J connectivity index is 2.02. The standard InChI is InChI=1S/C18H24N4O/c1-12(2)17(23)20-16-11-10-15(21-22-16)19-14-8-6-13(7-9-14)18(3,4)5/h6-12H,1-5H3,(H,19,21)(H,20,22,23). The number of rotatable bonds is 4. The molecule has 0 atom stereocenters. The van der Waals surface area contributed by atoms with Gasteiger partial charge in [-0.05, 0) is 35.2 Å². The first kappa shape index (κ1) is 16.9. The van der Waals surface area contributed by atoms with Crippen LogP contribution in [0.5, 0.6) is 0 Å². The normalized spacial score (nSPS) is 11.4. The SMILES string of the molecule is CC(C)C(=O)Nc1ccc(Nc2ccc(C(C)(C)C)cc2)nn1. The van der Waals surface area contributed by atoms with E-state index < -0.39 is 0 Å². The number of hydrogen-bond donors (Lipinski definition) is 2. The van der Waals surface area contributed by atoms with Crippen molar-refractivity contribution in [3.63, 3.8) is 0 Å². The fraction of sp³-hybridized carbons (Fsp3) is 0.389. The van der Waals surface area contributed by atoms with E-state index >= 15 is 0 Å². The summed E-state index contributed by atoms with van der Waals surface area (Å²) in [7, 11) is 0. The van der Waals surface area contributed by atoms with Crippen LogP contribution >= 0.6 is 0 Å². The highest BCUT2D eigenvalue weighted by molar-refractivity contribution is 5.91. The van der Waals surface area contributed by atoms with Crippen molar-refractivity contribution in [1.82, 2.24) is 10.2 Å². The molecule has 0 spiro atoms. The Kier molecular flexibility index (Phi) is 4.98. The quantitative estimate of drug-likeness (QED) is 0.891. The van der Waals surface area contributed by atoms with E-state index in [1.165, 1.54) is 5.56 Å². The van der Waals surface area contributed by atoms with E-state index in [-0.39, 0.29) is 17.2 Å². The average Bonchev–Trinajstić information content (AvgIpc) is 2.49. The van der Waals surface area contributed by atoms with E-state index in [0.29, 0.717) is 11.6 Å². The zero-order chi connectivity index (χ0) is 17.0. The van der Waals surface area contributed by atoms with Crippen molar-refractivity contribution in [2.45, 2.75) is 40.0 Å². The molecule has 0 aliphatic heterocycles. The molecule has 23 heavy (non-hydrogen) atoms. The Morgan fingerprint density at radius 3 is 2.00 bits per heavy atom. The first-order valence-electron chi connectivity index (χ1n) is 7.78. The van der Waals surface area contributed by atoms with E-state index in [1.807, 2.05) is 26.0 Å². The highest BCUT2D eigenvalue weighted by Crippen LogP contribution is 2.24. The number of nitrogens with zero attached hydrogens (tertiary/aromatic N) is 2. The van der Waals surface area contributed by atoms with Gasteiger partial charge in [0.2, 0.25) is 5.91 Å². The minimum Gasteiger partial charge on any atom is -0.339 e. The summed E-state index contributed by atoms with van der Waals surface area (Å²) in [6, 6.07) is 11.8. The molecule has 1 amide bonds. The van der Waals surface area contributed by atoms with Crippen LogP contribution in [0.3, 0.4) is 0 Å². The number of carbonyl (C=O) groups is 1. The Bertz CT molecular complexity index is 655. The van der Waals surface area contributed by atoms with Gasteiger partial charge in [0.25, 0.3) is 0 Å². The summed E-state index contributed by atoms with van der Waals surface area (Å²) in [5.41, 5.74) is 2.36. The van der Waals surface area contributed by atoms with Crippen molar-refractivity contribution in [2.24, 2.45) is 5.92 Å². The zero-order valence-corrected chi connectivity index (χ0v) is 14.3. The van der Waals surface area contributed by atoms with E-state index in [0.717, 1.165) is 5.69 Å². The largest absolute Gasteiger partial charge is 0.339 e. The van der Waals surface area contributed by atoms with Crippen LogP contribution in [0.25, 0.3) is 0 Å². The molecule has 5 nitrogen and oxygen atoms in total. The van der Waals surface area contributed by atoms with Crippen molar-refractivity contribution in [3.8, 4) is 0 Å². The molecule has 2 aromatic rings. The van der Waals surface area contributed by atoms with Gasteiger partial charge in [-0.25, -0.2) is 0 Å². The molecule has 0 radical (unpaired) electrons. The second-order valence-corrected chi connectivity index (χ2v) is 6.90. The van der Waals surface area contributed by atoms with Crippen LogP contribution in [0.2, 0.25) is 0 Å². The summed E-state index contributed by atoms with van der Waals surface area (Å²) in [6.07, 6.45) is 0. The fourth-order valence-corrected chi connectivity index (χ4v) is 1.94. The molecule has 0 fully saturated rings. The maximum absolute atomic E-state index is 11.6. The molecule has 122 valence electrons. The van der Waals surface area contributed by atoms with E-state index in [4.69, 9.17) is 0 Å². The number of nitrogens with one attached hydrogen (secondary N) is 2. The first-order chi connectivity index (χ1) is 10.8. The Hall–Kier alpha value is -2.43. The summed E-state index contributed by atoms with van der Waals surface area (Å²) in [5, 5.41) is 14.0. The van der Waals surface area contributed by atoms with Crippen LogP contribution in [-0.4, -0.2) is 16.1 Å². The molecule has 0 aliphatic rings. The van der Waals surface area contributed by atoms with Crippen LogP contribution in [-0.2, 0) is 10.2 Å². The third-order valence-electron chi connectivity index (χ3n) is 3.46. The average molecular weight is 312 g/mol. The smallest absolute Gasteiger partial charge is 0.228 e. The Labute approximate surface area is 137 Å². The maximum atomic E-state index is 11.6. The highest BCUT2D eigenvalue weighted by Gasteiger charge is 2.13. The van der Waals surface area contributed by atoms with Crippen LogP contribution in [0.1, 0.15) is 40.2 Å². The van der Waals surface area contributed by atoms with Gasteiger partial charge < -0.3 is 10.6 Å². The molecule has 1 aromatic carbocycles. The van der Waals surface area contributed by atoms with Crippen molar-refractivity contribution >= 4 is 23.2 Å². The number of aromatic nitrogens is 2. The summed E-state index contributed by atoms with van der Waals surface area (Å²) in [5.74, 6) is 0.932. The molecule has 0 saturated heterocycles. The molecule has 1 heterocycles. The summed E-state index contributed by atoms with van der Waals surface area (Å²) in [4.78, 5) is 11.6. The van der Waals surface area contributed by atoms with E-state index in [9.17, 15) is 4.79 Å². The number of amides is 1. The molecule has 0 saturated carbocycles. The number of benzene rings is 1. The van der Waals surface area contributed by atoms with Crippen molar-refractivity contribution in [3.05, 3.63) is 42.0 Å². The van der Waals surface area contributed by atoms with Crippen LogP contribution in [0.15, 0.2) is 36.4 Å². The second kappa shape index (κ2) is 6.77. The minimum absolute atomic E-state index is 0.0715. The monoisotopic (exact) mass is 312 g/mol. The van der Waals surface area contributed by atoms with Crippen LogP contribution in [0, 0.1) is 5.92 Å². The van der Waals surface area contributed by atoms with Gasteiger partial charge in [0.15, 0.2) is 11.6 Å². The Morgan fingerprint density at radius 2 is 1.52 bits per heavy atom. The van der Waals surface area contributed by atoms with Gasteiger partial charge in [-0.1, -0.05) is 46.8 Å². The molecular formula is C18H24N4O. The van der Waals surface area contributed by atoms with Crippen molar-refractivity contribution in [1.29, 1.82) is 0 Å². The summed E-state index contributed by atoms with van der Waals surface area (Å²) < 4.78 is 0. The predicted molar refractivity (Wildman–Crippen MR) is 93.9 cm³/mol. The summed E-state index contributed by atoms with van der Waals surface area (Å²) >= 11 is 0. The predicted octanol–water partition coefficient (Wildman–Crippen LogP) is 4.11. The molecular weight excluding hydrogens is 288 g/mol. The van der Waals surface area contributed by atoms with Gasteiger partial charge in [-0.3, -0.25) is 4.79 Å². The van der Waals surface area contributed by atoms with Gasteiger partial charge in [-0.2, -0.15) is 0 Å². The number of carbonyl (C=O) groups excluding carboxylic acids is 1. The third-order valence-corrected chi connectivity index (χ3v) is 3.46. The lowest BCUT2D eigenvalue weighted by Crippen LogP contribution is -2.18. The lowest BCUT2D eigenvalue weighted by atomic mass is 9.87. The van der Waals surface area contributed by atoms with E-state index in [2.05, 4.69) is 53.7 Å². The molecule has 5 heteroatoms. The summed E-state index contributed by atoms with van der Waals surface area (Å²) in [6.45, 7) is 10.2. The number of hydrogen-bond acceptors (Lipinski definition) is 4.